The molecule has 2 N–H and O–H groups in total. The molecule has 0 aromatic heterocycles. The Morgan fingerprint density at radius 2 is 2.06 bits per heavy atom. The van der Waals surface area contributed by atoms with Gasteiger partial charge in [0, 0.05) is 36.2 Å². The van der Waals surface area contributed by atoms with Crippen LogP contribution in [0.15, 0.2) is 61.2 Å². The SMILES string of the molecule is C=CCCC(COCCOC)S(=O)(=O)NC(=O)c1ccc2c(c1)N(C[C@@H]1CC[C@H]1C(O)/C=C/CCC)C[C@@]1(CCCc3cc(Cl)ccc31)CO2. The molecule has 5 rings (SSSR count). The summed E-state index contributed by atoms with van der Waals surface area (Å²) >= 11 is 6.43. The predicted molar refractivity (Wildman–Crippen MR) is 199 cm³/mol. The Morgan fingerprint density at radius 3 is 2.80 bits per heavy atom. The fourth-order valence-electron chi connectivity index (χ4n) is 7.61. The summed E-state index contributed by atoms with van der Waals surface area (Å²) in [5.74, 6) is 0.327. The zero-order valence-electron chi connectivity index (χ0n) is 29.4. The van der Waals surface area contributed by atoms with Crippen LogP contribution in [0.25, 0.3) is 0 Å². The standard InChI is InChI=1S/C39H53ClN2O7S/c1-4-6-8-12-36(43)33-16-13-30(33)24-42-26-39(19-9-10-28-22-31(40)15-17-34(28)39)27-49-37-18-14-29(23-35(37)42)38(44)41-50(45,46)32(11-7-5-2)25-48-21-20-47-3/h5,8,12,14-15,17-18,22-23,30,32-33,36,43H,2,4,6-7,9-11,13,16,19-21,24-27H2,1,3H3,(H,41,44)/b12-8+/t30-,32?,33+,36?,39-/m0/s1. The van der Waals surface area contributed by atoms with Gasteiger partial charge in [0.05, 0.1) is 38.2 Å². The lowest BCUT2D eigenvalue weighted by Gasteiger charge is -2.45. The van der Waals surface area contributed by atoms with Crippen molar-refractivity contribution in [1.29, 1.82) is 0 Å². The number of sulfonamides is 1. The van der Waals surface area contributed by atoms with E-state index in [-0.39, 0.29) is 42.4 Å². The average molecular weight is 729 g/mol. The van der Waals surface area contributed by atoms with Crippen LogP contribution < -0.4 is 14.4 Å². The molecular weight excluding hydrogens is 676 g/mol. The summed E-state index contributed by atoms with van der Waals surface area (Å²) in [6.45, 7) is 8.16. The molecule has 0 bridgehead atoms. The minimum Gasteiger partial charge on any atom is -0.490 e. The number of amides is 1. The van der Waals surface area contributed by atoms with E-state index in [1.54, 1.807) is 31.4 Å². The number of aryl methyl sites for hydroxylation is 1. The van der Waals surface area contributed by atoms with Gasteiger partial charge in [-0.1, -0.05) is 49.2 Å². The number of carbonyl (C=O) groups is 1. The Bertz CT molecular complexity index is 1620. The highest BCUT2D eigenvalue weighted by molar-refractivity contribution is 7.90. The molecule has 5 atom stereocenters. The fraction of sp³-hybridized carbons (Fsp3) is 0.564. The third kappa shape index (κ3) is 9.12. The largest absolute Gasteiger partial charge is 0.490 e. The first kappa shape index (κ1) is 38.3. The van der Waals surface area contributed by atoms with Crippen molar-refractivity contribution in [3.8, 4) is 5.75 Å². The highest BCUT2D eigenvalue weighted by Gasteiger charge is 2.44. The van der Waals surface area contributed by atoms with E-state index in [1.165, 1.54) is 11.1 Å². The molecule has 274 valence electrons. The van der Waals surface area contributed by atoms with Crippen molar-refractivity contribution in [2.45, 2.75) is 81.5 Å². The van der Waals surface area contributed by atoms with E-state index in [4.69, 9.17) is 25.8 Å². The third-order valence-electron chi connectivity index (χ3n) is 10.6. The van der Waals surface area contributed by atoms with Crippen LogP contribution in [0.5, 0.6) is 5.75 Å². The van der Waals surface area contributed by atoms with Gasteiger partial charge < -0.3 is 24.2 Å². The lowest BCUT2D eigenvalue weighted by Crippen LogP contribution is -2.49. The molecular formula is C39H53ClN2O7S. The van der Waals surface area contributed by atoms with E-state index in [1.807, 2.05) is 12.1 Å². The summed E-state index contributed by atoms with van der Waals surface area (Å²) < 4.78 is 46.4. The number of carbonyl (C=O) groups excluding carboxylic acids is 1. The number of allylic oxidation sites excluding steroid dienone is 2. The highest BCUT2D eigenvalue weighted by atomic mass is 35.5. The van der Waals surface area contributed by atoms with Crippen LogP contribution in [0.4, 0.5) is 5.69 Å². The minimum absolute atomic E-state index is 0.0670. The van der Waals surface area contributed by atoms with Crippen molar-refractivity contribution in [3.63, 3.8) is 0 Å². The smallest absolute Gasteiger partial charge is 0.264 e. The zero-order valence-corrected chi connectivity index (χ0v) is 31.0. The molecule has 1 amide bonds. The molecule has 2 unspecified atom stereocenters. The van der Waals surface area contributed by atoms with E-state index in [0.29, 0.717) is 38.5 Å². The number of aliphatic hydroxyl groups is 1. The molecule has 9 nitrogen and oxygen atoms in total. The minimum atomic E-state index is -4.07. The lowest BCUT2D eigenvalue weighted by molar-refractivity contribution is 0.0456. The Kier molecular flexibility index (Phi) is 13.5. The molecule has 1 aliphatic heterocycles. The monoisotopic (exact) mass is 728 g/mol. The van der Waals surface area contributed by atoms with Crippen molar-refractivity contribution in [3.05, 3.63) is 82.9 Å². The second kappa shape index (κ2) is 17.6. The molecule has 1 spiro atoms. The number of benzene rings is 2. The number of ether oxygens (including phenoxy) is 3. The van der Waals surface area contributed by atoms with Gasteiger partial charge in [-0.05, 0) is 105 Å². The molecule has 2 aromatic rings. The molecule has 11 heteroatoms. The van der Waals surface area contributed by atoms with Gasteiger partial charge in [0.2, 0.25) is 10.0 Å². The summed E-state index contributed by atoms with van der Waals surface area (Å²) in [7, 11) is -2.53. The summed E-state index contributed by atoms with van der Waals surface area (Å²) in [5.41, 5.74) is 3.15. The molecule has 1 fully saturated rings. The van der Waals surface area contributed by atoms with Crippen molar-refractivity contribution >= 4 is 33.2 Å². The van der Waals surface area contributed by atoms with Crippen LogP contribution >= 0.6 is 11.6 Å². The Balaban J connectivity index is 1.43. The number of nitrogens with zero attached hydrogens (tertiary/aromatic N) is 1. The number of methoxy groups -OCH3 is 1. The lowest BCUT2D eigenvalue weighted by atomic mass is 9.68. The molecule has 2 aromatic carbocycles. The van der Waals surface area contributed by atoms with Crippen LogP contribution in [0.1, 0.15) is 79.8 Å². The molecule has 1 heterocycles. The van der Waals surface area contributed by atoms with Gasteiger partial charge in [0.15, 0.2) is 0 Å². The summed E-state index contributed by atoms with van der Waals surface area (Å²) in [6, 6.07) is 11.3. The van der Waals surface area contributed by atoms with Crippen molar-refractivity contribution in [2.24, 2.45) is 11.8 Å². The van der Waals surface area contributed by atoms with Gasteiger partial charge in [-0.25, -0.2) is 13.1 Å². The van der Waals surface area contributed by atoms with Crippen molar-refractivity contribution < 1.29 is 32.5 Å². The van der Waals surface area contributed by atoms with E-state index < -0.39 is 27.3 Å². The van der Waals surface area contributed by atoms with Crippen molar-refractivity contribution in [2.75, 3.05) is 51.5 Å². The van der Waals surface area contributed by atoms with Gasteiger partial charge in [0.1, 0.15) is 11.0 Å². The molecule has 2 aliphatic carbocycles. The van der Waals surface area contributed by atoms with Gasteiger partial charge in [-0.15, -0.1) is 6.58 Å². The van der Waals surface area contributed by atoms with Crippen LogP contribution in [0, 0.1) is 11.8 Å². The summed E-state index contributed by atoms with van der Waals surface area (Å²) in [6.07, 6.45) is 12.7. The van der Waals surface area contributed by atoms with E-state index in [0.717, 1.165) is 55.7 Å². The maximum Gasteiger partial charge on any atom is 0.264 e. The number of hydrogen-bond donors (Lipinski definition) is 2. The van der Waals surface area contributed by atoms with Crippen LogP contribution in [-0.2, 0) is 31.3 Å². The van der Waals surface area contributed by atoms with E-state index in [2.05, 4.69) is 41.3 Å². The zero-order chi connectivity index (χ0) is 35.7. The number of fused-ring (bicyclic) bond motifs is 3. The third-order valence-corrected chi connectivity index (χ3v) is 12.5. The first-order chi connectivity index (χ1) is 24.1. The quantitative estimate of drug-likeness (QED) is 0.138. The van der Waals surface area contributed by atoms with Crippen LogP contribution in [-0.4, -0.2) is 77.4 Å². The topological polar surface area (TPSA) is 114 Å². The maximum atomic E-state index is 13.7. The van der Waals surface area contributed by atoms with E-state index in [9.17, 15) is 18.3 Å². The second-order valence-electron chi connectivity index (χ2n) is 14.0. The number of aliphatic hydroxyl groups excluding tert-OH is 1. The first-order valence-electron chi connectivity index (χ1n) is 18.0. The molecule has 1 saturated carbocycles. The summed E-state index contributed by atoms with van der Waals surface area (Å²) in [5, 5.41) is 10.9. The maximum absolute atomic E-state index is 13.7. The van der Waals surface area contributed by atoms with Crippen LogP contribution in [0.2, 0.25) is 5.02 Å². The average Bonchev–Trinajstić information content (AvgIpc) is 3.22. The number of rotatable bonds is 17. The fourth-order valence-corrected chi connectivity index (χ4v) is 9.07. The predicted octanol–water partition coefficient (Wildman–Crippen LogP) is 6.61. The van der Waals surface area contributed by atoms with Crippen molar-refractivity contribution in [1.82, 2.24) is 4.72 Å². The van der Waals surface area contributed by atoms with E-state index >= 15 is 0 Å². The number of unbranched alkanes of at least 4 members (excludes halogenated alkanes) is 1. The Labute approximate surface area is 303 Å². The molecule has 0 radical (unpaired) electrons. The Hall–Kier alpha value is -2.89. The number of hydrogen-bond acceptors (Lipinski definition) is 8. The first-order valence-corrected chi connectivity index (χ1v) is 19.9. The van der Waals surface area contributed by atoms with Gasteiger partial charge >= 0.3 is 0 Å². The molecule has 0 saturated heterocycles. The summed E-state index contributed by atoms with van der Waals surface area (Å²) in [4.78, 5) is 16.0. The van der Waals surface area contributed by atoms with Gasteiger partial charge in [0.25, 0.3) is 5.91 Å². The normalized spacial score (nSPS) is 22.9. The Morgan fingerprint density at radius 1 is 1.22 bits per heavy atom. The highest BCUT2D eigenvalue weighted by Crippen LogP contribution is 2.46. The number of nitrogens with one attached hydrogen (secondary N) is 1. The van der Waals surface area contributed by atoms with Gasteiger partial charge in [-0.2, -0.15) is 0 Å². The van der Waals surface area contributed by atoms with Crippen LogP contribution in [0.3, 0.4) is 0 Å². The van der Waals surface area contributed by atoms with Gasteiger partial charge in [-0.3, -0.25) is 4.79 Å². The molecule has 3 aliphatic rings. The molecule has 50 heavy (non-hydrogen) atoms. The second-order valence-corrected chi connectivity index (χ2v) is 16.4. The number of halogens is 1. The number of anilines is 1.